The third kappa shape index (κ3) is 3.25. The van der Waals surface area contributed by atoms with Crippen LogP contribution >= 0.6 is 0 Å². The first-order valence-corrected chi connectivity index (χ1v) is 4.94. The summed E-state index contributed by atoms with van der Waals surface area (Å²) in [7, 11) is 5.50. The molecule has 0 N–H and O–H groups in total. The number of rotatable bonds is 6. The third-order valence-corrected chi connectivity index (χ3v) is 2.96. The fourth-order valence-electron chi connectivity index (χ4n) is 1.59. The average Bonchev–Trinajstić information content (AvgIpc) is 2.95. The second kappa shape index (κ2) is 4.94. The predicted octanol–water partition coefficient (Wildman–Crippen LogP) is 1.34. The molecular weight excluding hydrogens is 166 g/mol. The van der Waals surface area contributed by atoms with Crippen molar-refractivity contribution >= 4 is 0 Å². The maximum atomic E-state index is 5.16. The highest BCUT2D eigenvalue weighted by molar-refractivity contribution is 4.84. The largest absolute Gasteiger partial charge is 0.355 e. The van der Waals surface area contributed by atoms with E-state index in [1.807, 2.05) is 0 Å². The smallest absolute Gasteiger partial charge is 0.169 e. The lowest BCUT2D eigenvalue weighted by Gasteiger charge is -2.27. The molecule has 78 valence electrons. The molecule has 1 saturated carbocycles. The van der Waals surface area contributed by atoms with Crippen molar-refractivity contribution in [3.63, 3.8) is 0 Å². The van der Waals surface area contributed by atoms with Crippen LogP contribution in [0.4, 0.5) is 0 Å². The van der Waals surface area contributed by atoms with Gasteiger partial charge in [0.2, 0.25) is 0 Å². The molecule has 13 heavy (non-hydrogen) atoms. The zero-order valence-electron chi connectivity index (χ0n) is 9.12. The molecule has 1 aliphatic rings. The lowest BCUT2D eigenvalue weighted by Crippen LogP contribution is -2.38. The van der Waals surface area contributed by atoms with E-state index in [2.05, 4.69) is 18.9 Å². The van der Waals surface area contributed by atoms with Gasteiger partial charge in [0.05, 0.1) is 0 Å². The quantitative estimate of drug-likeness (QED) is 0.586. The molecule has 1 fully saturated rings. The molecule has 0 radical (unpaired) electrons. The van der Waals surface area contributed by atoms with E-state index in [0.717, 1.165) is 12.5 Å². The van der Waals surface area contributed by atoms with Crippen LogP contribution in [0, 0.1) is 5.92 Å². The normalized spacial score (nSPS) is 19.8. The molecule has 0 saturated heterocycles. The van der Waals surface area contributed by atoms with Gasteiger partial charge in [0.15, 0.2) is 6.29 Å². The van der Waals surface area contributed by atoms with E-state index in [1.165, 1.54) is 12.8 Å². The van der Waals surface area contributed by atoms with E-state index in [9.17, 15) is 0 Å². The van der Waals surface area contributed by atoms with Crippen LogP contribution in [0.5, 0.6) is 0 Å². The number of hydrogen-bond donors (Lipinski definition) is 0. The summed E-state index contributed by atoms with van der Waals surface area (Å²) >= 11 is 0. The summed E-state index contributed by atoms with van der Waals surface area (Å²) in [4.78, 5) is 2.31. The van der Waals surface area contributed by atoms with Gasteiger partial charge in [-0.15, -0.1) is 0 Å². The second-order valence-corrected chi connectivity index (χ2v) is 3.92. The second-order valence-electron chi connectivity index (χ2n) is 3.92. The zero-order chi connectivity index (χ0) is 9.84. The van der Waals surface area contributed by atoms with Gasteiger partial charge in [0, 0.05) is 26.8 Å². The van der Waals surface area contributed by atoms with Crippen molar-refractivity contribution in [3.8, 4) is 0 Å². The van der Waals surface area contributed by atoms with Crippen LogP contribution in [0.1, 0.15) is 19.8 Å². The fourth-order valence-corrected chi connectivity index (χ4v) is 1.59. The van der Waals surface area contributed by atoms with Gasteiger partial charge in [-0.3, -0.25) is 4.90 Å². The van der Waals surface area contributed by atoms with Gasteiger partial charge in [-0.25, -0.2) is 0 Å². The minimum absolute atomic E-state index is 0.0915. The van der Waals surface area contributed by atoms with E-state index in [-0.39, 0.29) is 6.29 Å². The number of likely N-dealkylation sites (N-methyl/N-ethyl adjacent to an activating group) is 1. The topological polar surface area (TPSA) is 21.7 Å². The lowest BCUT2D eigenvalue weighted by atomic mass is 10.2. The molecule has 1 rings (SSSR count). The lowest BCUT2D eigenvalue weighted by molar-refractivity contribution is -0.117. The Bertz CT molecular complexity index is 144. The van der Waals surface area contributed by atoms with Gasteiger partial charge in [0.1, 0.15) is 0 Å². The molecule has 1 unspecified atom stereocenters. The Morgan fingerprint density at radius 2 is 1.85 bits per heavy atom. The summed E-state index contributed by atoms with van der Waals surface area (Å²) in [5.41, 5.74) is 0. The molecule has 0 heterocycles. The maximum absolute atomic E-state index is 5.16. The first-order chi connectivity index (χ1) is 6.19. The van der Waals surface area contributed by atoms with Crippen LogP contribution in [0.2, 0.25) is 0 Å². The highest BCUT2D eigenvalue weighted by Crippen LogP contribution is 2.34. The van der Waals surface area contributed by atoms with Gasteiger partial charge < -0.3 is 9.47 Å². The summed E-state index contributed by atoms with van der Waals surface area (Å²) in [6, 6.07) is 0.660. The molecule has 0 aliphatic heterocycles. The fraction of sp³-hybridized carbons (Fsp3) is 1.00. The van der Waals surface area contributed by atoms with E-state index in [0.29, 0.717) is 6.04 Å². The molecule has 0 spiro atoms. The molecule has 1 aliphatic carbocycles. The maximum Gasteiger partial charge on any atom is 0.169 e. The van der Waals surface area contributed by atoms with Crippen molar-refractivity contribution in [1.82, 2.24) is 4.90 Å². The highest BCUT2D eigenvalue weighted by Gasteiger charge is 2.31. The highest BCUT2D eigenvalue weighted by atomic mass is 16.7. The number of ether oxygens (including phenoxy) is 2. The van der Waals surface area contributed by atoms with Crippen molar-refractivity contribution in [2.45, 2.75) is 32.1 Å². The number of methoxy groups -OCH3 is 2. The van der Waals surface area contributed by atoms with E-state index < -0.39 is 0 Å². The van der Waals surface area contributed by atoms with Crippen LogP contribution < -0.4 is 0 Å². The molecular formula is C10H21NO2. The van der Waals surface area contributed by atoms with Gasteiger partial charge in [-0.2, -0.15) is 0 Å². The monoisotopic (exact) mass is 187 g/mol. The van der Waals surface area contributed by atoms with Crippen LogP contribution in [0.15, 0.2) is 0 Å². The summed E-state index contributed by atoms with van der Waals surface area (Å²) in [6.07, 6.45) is 2.68. The van der Waals surface area contributed by atoms with Crippen molar-refractivity contribution in [3.05, 3.63) is 0 Å². The van der Waals surface area contributed by atoms with Gasteiger partial charge in [-0.05, 0) is 32.7 Å². The number of hydrogen-bond acceptors (Lipinski definition) is 3. The molecule has 3 nitrogen and oxygen atoms in total. The van der Waals surface area contributed by atoms with Gasteiger partial charge >= 0.3 is 0 Å². The molecule has 0 aromatic heterocycles. The summed E-state index contributed by atoms with van der Waals surface area (Å²) in [6.45, 7) is 3.13. The van der Waals surface area contributed by atoms with Gasteiger partial charge in [0.25, 0.3) is 0 Å². The van der Waals surface area contributed by atoms with Crippen molar-refractivity contribution in [2.75, 3.05) is 27.8 Å². The van der Waals surface area contributed by atoms with E-state index in [1.54, 1.807) is 14.2 Å². The Balaban J connectivity index is 2.25. The Morgan fingerprint density at radius 3 is 2.23 bits per heavy atom. The number of nitrogens with zero attached hydrogens (tertiary/aromatic N) is 1. The Hall–Kier alpha value is -0.120. The Labute approximate surface area is 81.0 Å². The molecule has 0 aromatic rings. The van der Waals surface area contributed by atoms with Crippen molar-refractivity contribution in [1.29, 1.82) is 0 Å². The zero-order valence-corrected chi connectivity index (χ0v) is 9.12. The van der Waals surface area contributed by atoms with Crippen LogP contribution in [0.3, 0.4) is 0 Å². The summed E-state index contributed by atoms with van der Waals surface area (Å²) in [5, 5.41) is 0. The summed E-state index contributed by atoms with van der Waals surface area (Å²) < 4.78 is 10.3. The molecule has 3 heteroatoms. The van der Waals surface area contributed by atoms with Crippen LogP contribution in [-0.4, -0.2) is 45.0 Å². The van der Waals surface area contributed by atoms with Crippen LogP contribution in [-0.2, 0) is 9.47 Å². The standard InChI is InChI=1S/C10H21NO2/c1-8(9-5-6-9)11(2)7-10(12-3)13-4/h8-10H,5-7H2,1-4H3. The Kier molecular flexibility index (Phi) is 4.16. The molecule has 0 bridgehead atoms. The van der Waals surface area contributed by atoms with E-state index >= 15 is 0 Å². The molecule has 0 aromatic carbocycles. The molecule has 0 amide bonds. The Morgan fingerprint density at radius 1 is 1.31 bits per heavy atom. The first-order valence-electron chi connectivity index (χ1n) is 4.94. The predicted molar refractivity (Wildman–Crippen MR) is 52.6 cm³/mol. The van der Waals surface area contributed by atoms with Crippen molar-refractivity contribution < 1.29 is 9.47 Å². The van der Waals surface area contributed by atoms with Crippen LogP contribution in [0.25, 0.3) is 0 Å². The minimum atomic E-state index is -0.0915. The third-order valence-electron chi connectivity index (χ3n) is 2.96. The minimum Gasteiger partial charge on any atom is -0.355 e. The SMILES string of the molecule is COC(CN(C)C(C)C1CC1)OC. The molecule has 1 atom stereocenters. The van der Waals surface area contributed by atoms with Gasteiger partial charge in [-0.1, -0.05) is 0 Å². The first kappa shape index (κ1) is 11.0. The van der Waals surface area contributed by atoms with Crippen molar-refractivity contribution in [2.24, 2.45) is 5.92 Å². The van der Waals surface area contributed by atoms with E-state index in [4.69, 9.17) is 9.47 Å². The average molecular weight is 187 g/mol. The summed E-state index contributed by atoms with van der Waals surface area (Å²) in [5.74, 6) is 0.902.